The van der Waals surface area contributed by atoms with Crippen LogP contribution >= 0.6 is 22.7 Å². The Bertz CT molecular complexity index is 605. The third kappa shape index (κ3) is 3.23. The van der Waals surface area contributed by atoms with E-state index in [0.717, 1.165) is 16.2 Å². The number of hydrogen-bond acceptors (Lipinski definition) is 5. The van der Waals surface area contributed by atoms with Crippen LogP contribution in [0, 0.1) is 5.92 Å². The molecule has 0 radical (unpaired) electrons. The van der Waals surface area contributed by atoms with Gasteiger partial charge in [-0.3, -0.25) is 4.79 Å². The summed E-state index contributed by atoms with van der Waals surface area (Å²) in [5.41, 5.74) is -0.0997. The highest BCUT2D eigenvalue weighted by Gasteiger charge is 2.22. The van der Waals surface area contributed by atoms with E-state index in [1.807, 2.05) is 31.4 Å². The minimum Gasteiger partial charge on any atom is -0.476 e. The number of rotatable bonds is 5. The monoisotopic (exact) mass is 310 g/mol. The van der Waals surface area contributed by atoms with Gasteiger partial charge in [-0.15, -0.1) is 22.7 Å². The Morgan fingerprint density at radius 2 is 2.10 bits per heavy atom. The number of thiazole rings is 1. The van der Waals surface area contributed by atoms with Crippen LogP contribution in [0.25, 0.3) is 0 Å². The zero-order valence-electron chi connectivity index (χ0n) is 11.0. The van der Waals surface area contributed by atoms with Gasteiger partial charge in [0.05, 0.1) is 6.04 Å². The Morgan fingerprint density at radius 1 is 1.35 bits per heavy atom. The van der Waals surface area contributed by atoms with Gasteiger partial charge in [0.15, 0.2) is 10.7 Å². The van der Waals surface area contributed by atoms with Gasteiger partial charge < -0.3 is 10.4 Å². The topological polar surface area (TPSA) is 79.3 Å². The van der Waals surface area contributed by atoms with Crippen molar-refractivity contribution in [2.24, 2.45) is 5.92 Å². The van der Waals surface area contributed by atoms with Gasteiger partial charge >= 0.3 is 5.97 Å². The Morgan fingerprint density at radius 3 is 2.60 bits per heavy atom. The van der Waals surface area contributed by atoms with Crippen molar-refractivity contribution >= 4 is 34.6 Å². The van der Waals surface area contributed by atoms with Gasteiger partial charge in [-0.1, -0.05) is 19.9 Å². The van der Waals surface area contributed by atoms with Gasteiger partial charge in [0, 0.05) is 10.3 Å². The zero-order valence-corrected chi connectivity index (χ0v) is 12.6. The van der Waals surface area contributed by atoms with Crippen LogP contribution in [-0.2, 0) is 0 Å². The van der Waals surface area contributed by atoms with Gasteiger partial charge in [0.2, 0.25) is 0 Å². The number of carbonyl (C=O) groups is 2. The second-order valence-corrected chi connectivity index (χ2v) is 6.39. The molecule has 0 saturated heterocycles. The number of aromatic carboxylic acids is 1. The standard InChI is InChI=1S/C13H14N2O3S2/c1-7(2)10(9-4-3-5-19-9)15-11(16)12-14-8(6-20-12)13(17)18/h3-7,10H,1-2H3,(H,15,16)(H,17,18). The summed E-state index contributed by atoms with van der Waals surface area (Å²) in [7, 11) is 0. The summed E-state index contributed by atoms with van der Waals surface area (Å²) in [6.07, 6.45) is 0. The lowest BCUT2D eigenvalue weighted by molar-refractivity contribution is 0.0691. The number of carbonyl (C=O) groups excluding carboxylic acids is 1. The number of carboxylic acids is 1. The van der Waals surface area contributed by atoms with E-state index in [4.69, 9.17) is 5.11 Å². The van der Waals surface area contributed by atoms with Crippen LogP contribution in [-0.4, -0.2) is 22.0 Å². The molecule has 106 valence electrons. The first-order valence-corrected chi connectivity index (χ1v) is 7.78. The van der Waals surface area contributed by atoms with Gasteiger partial charge in [-0.2, -0.15) is 0 Å². The van der Waals surface area contributed by atoms with E-state index in [1.54, 1.807) is 11.3 Å². The number of aromatic nitrogens is 1. The van der Waals surface area contributed by atoms with E-state index in [0.29, 0.717) is 0 Å². The number of nitrogens with zero attached hydrogens (tertiary/aromatic N) is 1. The lowest BCUT2D eigenvalue weighted by Crippen LogP contribution is -2.31. The van der Waals surface area contributed by atoms with Gasteiger partial charge in [-0.05, 0) is 17.4 Å². The summed E-state index contributed by atoms with van der Waals surface area (Å²) in [5.74, 6) is -1.23. The average Bonchev–Trinajstić information content (AvgIpc) is 3.05. The van der Waals surface area contributed by atoms with E-state index < -0.39 is 5.97 Å². The van der Waals surface area contributed by atoms with Crippen molar-refractivity contribution in [3.05, 3.63) is 38.5 Å². The summed E-state index contributed by atoms with van der Waals surface area (Å²) < 4.78 is 0. The van der Waals surface area contributed by atoms with Gasteiger partial charge in [0.25, 0.3) is 5.91 Å². The summed E-state index contributed by atoms with van der Waals surface area (Å²) in [5, 5.41) is 15.2. The van der Waals surface area contributed by atoms with Crippen molar-refractivity contribution < 1.29 is 14.7 Å². The van der Waals surface area contributed by atoms with Crippen molar-refractivity contribution in [1.82, 2.24) is 10.3 Å². The molecule has 2 aromatic rings. The molecule has 0 aliphatic rings. The molecule has 0 aliphatic heterocycles. The first kappa shape index (κ1) is 14.7. The van der Waals surface area contributed by atoms with Crippen LogP contribution in [0.5, 0.6) is 0 Å². The molecule has 0 aliphatic carbocycles. The Kier molecular flexibility index (Phi) is 4.51. The molecule has 0 saturated carbocycles. The van der Waals surface area contributed by atoms with E-state index in [1.165, 1.54) is 5.38 Å². The van der Waals surface area contributed by atoms with E-state index in [9.17, 15) is 9.59 Å². The quantitative estimate of drug-likeness (QED) is 0.889. The minimum absolute atomic E-state index is 0.0975. The zero-order chi connectivity index (χ0) is 14.7. The molecular formula is C13H14N2O3S2. The fourth-order valence-corrected chi connectivity index (χ4v) is 3.36. The number of thiophene rings is 1. The fraction of sp³-hybridized carbons (Fsp3) is 0.308. The summed E-state index contributed by atoms with van der Waals surface area (Å²) in [6.45, 7) is 4.05. The number of nitrogens with one attached hydrogen (secondary N) is 1. The molecule has 2 N–H and O–H groups in total. The van der Waals surface area contributed by atoms with Gasteiger partial charge in [-0.25, -0.2) is 9.78 Å². The van der Waals surface area contributed by atoms with E-state index >= 15 is 0 Å². The third-order valence-corrected chi connectivity index (χ3v) is 4.52. The maximum Gasteiger partial charge on any atom is 0.355 e. The SMILES string of the molecule is CC(C)C(NC(=O)c1nc(C(=O)O)cs1)c1cccs1. The van der Waals surface area contributed by atoms with Crippen molar-refractivity contribution in [2.75, 3.05) is 0 Å². The smallest absolute Gasteiger partial charge is 0.355 e. The first-order chi connectivity index (χ1) is 9.49. The number of carboxylic acid groups (broad SMARTS) is 1. The van der Waals surface area contributed by atoms with Gasteiger partial charge in [0.1, 0.15) is 0 Å². The molecule has 1 amide bonds. The van der Waals surface area contributed by atoms with Crippen LogP contribution in [0.4, 0.5) is 0 Å². The highest BCUT2D eigenvalue weighted by atomic mass is 32.1. The molecule has 1 atom stereocenters. The Balaban J connectivity index is 2.14. The molecular weight excluding hydrogens is 296 g/mol. The minimum atomic E-state index is -1.13. The molecule has 0 bridgehead atoms. The Hall–Kier alpha value is -1.73. The van der Waals surface area contributed by atoms with Crippen LogP contribution in [0.3, 0.4) is 0 Å². The van der Waals surface area contributed by atoms with Crippen LogP contribution in [0.2, 0.25) is 0 Å². The van der Waals surface area contributed by atoms with E-state index in [2.05, 4.69) is 10.3 Å². The van der Waals surface area contributed by atoms with Crippen LogP contribution < -0.4 is 5.32 Å². The largest absolute Gasteiger partial charge is 0.476 e. The molecule has 1 unspecified atom stereocenters. The maximum atomic E-state index is 12.1. The predicted molar refractivity (Wildman–Crippen MR) is 78.4 cm³/mol. The normalized spacial score (nSPS) is 12.3. The summed E-state index contributed by atoms with van der Waals surface area (Å²) in [4.78, 5) is 27.8. The van der Waals surface area contributed by atoms with Crippen molar-refractivity contribution in [2.45, 2.75) is 19.9 Å². The van der Waals surface area contributed by atoms with Crippen molar-refractivity contribution in [1.29, 1.82) is 0 Å². The van der Waals surface area contributed by atoms with Crippen molar-refractivity contribution in [3.8, 4) is 0 Å². The van der Waals surface area contributed by atoms with Crippen molar-refractivity contribution in [3.63, 3.8) is 0 Å². The number of amides is 1. The lowest BCUT2D eigenvalue weighted by atomic mass is 10.0. The lowest BCUT2D eigenvalue weighted by Gasteiger charge is -2.20. The fourth-order valence-electron chi connectivity index (χ4n) is 1.71. The average molecular weight is 310 g/mol. The molecule has 0 spiro atoms. The maximum absolute atomic E-state index is 12.1. The highest BCUT2D eigenvalue weighted by Crippen LogP contribution is 2.26. The van der Waals surface area contributed by atoms with E-state index in [-0.39, 0.29) is 28.6 Å². The molecule has 2 aromatic heterocycles. The summed E-state index contributed by atoms with van der Waals surface area (Å²) in [6, 6.07) is 3.81. The second kappa shape index (κ2) is 6.15. The van der Waals surface area contributed by atoms with Crippen LogP contribution in [0.1, 0.15) is 45.1 Å². The first-order valence-electron chi connectivity index (χ1n) is 6.02. The molecule has 5 nitrogen and oxygen atoms in total. The molecule has 0 fully saturated rings. The molecule has 7 heteroatoms. The van der Waals surface area contributed by atoms with Crippen LogP contribution in [0.15, 0.2) is 22.9 Å². The Labute approximate surface area is 124 Å². The molecule has 2 heterocycles. The summed E-state index contributed by atoms with van der Waals surface area (Å²) >= 11 is 2.62. The molecule has 20 heavy (non-hydrogen) atoms. The number of hydrogen-bond donors (Lipinski definition) is 2. The third-order valence-electron chi connectivity index (χ3n) is 2.72. The second-order valence-electron chi connectivity index (χ2n) is 4.55. The highest BCUT2D eigenvalue weighted by molar-refractivity contribution is 7.12. The molecule has 2 rings (SSSR count). The molecule has 0 aromatic carbocycles. The predicted octanol–water partition coefficient (Wildman–Crippen LogP) is 3.03.